The molecule has 0 bridgehead atoms. The summed E-state index contributed by atoms with van der Waals surface area (Å²) in [5, 5.41) is 0. The lowest BCUT2D eigenvalue weighted by Gasteiger charge is -2.29. The van der Waals surface area contributed by atoms with Gasteiger partial charge in [-0.1, -0.05) is 24.3 Å². The number of morpholine rings is 1. The number of hydrogen-bond acceptors (Lipinski definition) is 5. The highest BCUT2D eigenvalue weighted by Gasteiger charge is 2.21. The van der Waals surface area contributed by atoms with Gasteiger partial charge in [-0.05, 0) is 71.5 Å². The maximum atomic E-state index is 13.4. The van der Waals surface area contributed by atoms with Gasteiger partial charge < -0.3 is 14.4 Å². The van der Waals surface area contributed by atoms with Gasteiger partial charge in [-0.2, -0.15) is 0 Å². The van der Waals surface area contributed by atoms with Crippen molar-refractivity contribution in [3.05, 3.63) is 77.6 Å². The number of nitrogens with zero attached hydrogens (tertiary/aromatic N) is 1. The average molecular weight is 468 g/mol. The molecule has 1 saturated heterocycles. The highest BCUT2D eigenvalue weighted by Crippen LogP contribution is 2.35. The van der Waals surface area contributed by atoms with E-state index in [9.17, 15) is 12.8 Å². The Labute approximate surface area is 193 Å². The van der Waals surface area contributed by atoms with Gasteiger partial charge in [0.15, 0.2) is 9.84 Å². The molecule has 0 atom stereocenters. The van der Waals surface area contributed by atoms with Crippen molar-refractivity contribution in [1.29, 1.82) is 0 Å². The van der Waals surface area contributed by atoms with E-state index in [-0.39, 0.29) is 16.5 Å². The standard InChI is InChI=1S/C26H26FNO4S/c27-23-7-3-19(4-8-23)18-33(29,30)25-15-22(14-24(17-25)28-9-12-31-13-10-28)21-6-5-20-2-1-11-32-26(20)16-21/h3-8,14-17H,1-2,9-13,18H2. The molecule has 0 aliphatic carbocycles. The fourth-order valence-electron chi connectivity index (χ4n) is 4.34. The van der Waals surface area contributed by atoms with E-state index in [1.165, 1.54) is 29.8 Å². The largest absolute Gasteiger partial charge is 0.493 e. The van der Waals surface area contributed by atoms with Crippen LogP contribution in [-0.4, -0.2) is 41.3 Å². The van der Waals surface area contributed by atoms with E-state index in [0.717, 1.165) is 35.4 Å². The minimum atomic E-state index is -3.65. The number of anilines is 1. The molecule has 0 radical (unpaired) electrons. The molecule has 3 aromatic carbocycles. The smallest absolute Gasteiger partial charge is 0.182 e. The highest BCUT2D eigenvalue weighted by molar-refractivity contribution is 7.90. The Kier molecular flexibility index (Phi) is 6.08. The molecule has 2 aliphatic heterocycles. The second kappa shape index (κ2) is 9.15. The molecule has 0 aromatic heterocycles. The van der Waals surface area contributed by atoms with Gasteiger partial charge in [0, 0.05) is 18.8 Å². The van der Waals surface area contributed by atoms with E-state index in [4.69, 9.17) is 9.47 Å². The summed E-state index contributed by atoms with van der Waals surface area (Å²) >= 11 is 0. The van der Waals surface area contributed by atoms with Crippen molar-refractivity contribution in [2.24, 2.45) is 0 Å². The summed E-state index contributed by atoms with van der Waals surface area (Å²) < 4.78 is 51.4. The molecule has 2 aliphatic rings. The summed E-state index contributed by atoms with van der Waals surface area (Å²) in [4.78, 5) is 2.41. The zero-order chi connectivity index (χ0) is 22.8. The molecule has 7 heteroatoms. The van der Waals surface area contributed by atoms with Gasteiger partial charge in [-0.3, -0.25) is 0 Å². The highest BCUT2D eigenvalue weighted by atomic mass is 32.2. The first-order valence-corrected chi connectivity index (χ1v) is 12.8. The molecule has 3 aromatic rings. The maximum Gasteiger partial charge on any atom is 0.182 e. The number of hydrogen-bond donors (Lipinski definition) is 0. The number of halogens is 1. The van der Waals surface area contributed by atoms with E-state index < -0.39 is 9.84 Å². The van der Waals surface area contributed by atoms with Crippen molar-refractivity contribution in [3.8, 4) is 16.9 Å². The van der Waals surface area contributed by atoms with Crippen LogP contribution in [0, 0.1) is 5.82 Å². The fraction of sp³-hybridized carbons (Fsp3) is 0.308. The molecule has 33 heavy (non-hydrogen) atoms. The van der Waals surface area contributed by atoms with Gasteiger partial charge in [-0.15, -0.1) is 0 Å². The van der Waals surface area contributed by atoms with Gasteiger partial charge in [0.05, 0.1) is 30.5 Å². The van der Waals surface area contributed by atoms with Crippen LogP contribution < -0.4 is 9.64 Å². The van der Waals surface area contributed by atoms with Crippen molar-refractivity contribution in [1.82, 2.24) is 0 Å². The van der Waals surface area contributed by atoms with Crippen LogP contribution in [0.3, 0.4) is 0 Å². The van der Waals surface area contributed by atoms with Crippen LogP contribution in [0.4, 0.5) is 10.1 Å². The quantitative estimate of drug-likeness (QED) is 0.548. The van der Waals surface area contributed by atoms with E-state index in [0.29, 0.717) is 38.5 Å². The van der Waals surface area contributed by atoms with E-state index >= 15 is 0 Å². The number of aryl methyl sites for hydroxylation is 1. The summed E-state index contributed by atoms with van der Waals surface area (Å²) in [5.74, 6) is 0.292. The predicted octanol–water partition coefficient (Wildman–Crippen LogP) is 4.63. The molecule has 0 saturated carbocycles. The SMILES string of the molecule is O=S(=O)(Cc1ccc(F)cc1)c1cc(-c2ccc3c(c2)OCCC3)cc(N2CCOCC2)c1. The average Bonchev–Trinajstić information content (AvgIpc) is 2.85. The molecule has 0 N–H and O–H groups in total. The predicted molar refractivity (Wildman–Crippen MR) is 126 cm³/mol. The number of benzene rings is 3. The Bertz CT molecular complexity index is 1250. The normalized spacial score (nSPS) is 16.2. The van der Waals surface area contributed by atoms with Crippen molar-refractivity contribution < 1.29 is 22.3 Å². The molecular weight excluding hydrogens is 441 g/mol. The van der Waals surface area contributed by atoms with Gasteiger partial charge in [0.25, 0.3) is 0 Å². The second-order valence-electron chi connectivity index (χ2n) is 8.48. The van der Waals surface area contributed by atoms with Crippen LogP contribution in [0.2, 0.25) is 0 Å². The van der Waals surface area contributed by atoms with Crippen LogP contribution in [0.1, 0.15) is 17.5 Å². The van der Waals surface area contributed by atoms with Gasteiger partial charge >= 0.3 is 0 Å². The molecular formula is C26H26FNO4S. The molecule has 2 heterocycles. The number of sulfone groups is 1. The second-order valence-corrected chi connectivity index (χ2v) is 10.5. The first-order chi connectivity index (χ1) is 16.0. The fourth-order valence-corrected chi connectivity index (χ4v) is 5.74. The lowest BCUT2D eigenvalue weighted by Crippen LogP contribution is -2.36. The van der Waals surface area contributed by atoms with Gasteiger partial charge in [-0.25, -0.2) is 12.8 Å². The Hall–Kier alpha value is -2.90. The zero-order valence-electron chi connectivity index (χ0n) is 18.3. The Morgan fingerprint density at radius 2 is 1.67 bits per heavy atom. The topological polar surface area (TPSA) is 55.8 Å². The molecule has 0 amide bonds. The summed E-state index contributed by atoms with van der Waals surface area (Å²) in [6, 6.07) is 17.2. The molecule has 5 rings (SSSR count). The number of fused-ring (bicyclic) bond motifs is 1. The van der Waals surface area contributed by atoms with Crippen LogP contribution in [0.25, 0.3) is 11.1 Å². The summed E-state index contributed by atoms with van der Waals surface area (Å²) in [6.07, 6.45) is 1.99. The first kappa shape index (κ1) is 21.9. The molecule has 0 spiro atoms. The van der Waals surface area contributed by atoms with Crippen LogP contribution in [0.15, 0.2) is 65.6 Å². The minimum absolute atomic E-state index is 0.188. The lowest BCUT2D eigenvalue weighted by atomic mass is 9.99. The third-order valence-corrected chi connectivity index (χ3v) is 7.81. The zero-order valence-corrected chi connectivity index (χ0v) is 19.1. The third kappa shape index (κ3) is 4.89. The Morgan fingerprint density at radius 1 is 0.879 bits per heavy atom. The summed E-state index contributed by atoms with van der Waals surface area (Å²) in [6.45, 7) is 3.31. The Balaban J connectivity index is 1.56. The van der Waals surface area contributed by atoms with Crippen molar-refractivity contribution in [2.75, 3.05) is 37.8 Å². The van der Waals surface area contributed by atoms with Crippen molar-refractivity contribution in [2.45, 2.75) is 23.5 Å². The number of rotatable bonds is 5. The molecule has 5 nitrogen and oxygen atoms in total. The maximum absolute atomic E-state index is 13.4. The Morgan fingerprint density at radius 3 is 2.45 bits per heavy atom. The van der Waals surface area contributed by atoms with E-state index in [2.05, 4.69) is 11.0 Å². The van der Waals surface area contributed by atoms with E-state index in [1.54, 1.807) is 12.1 Å². The van der Waals surface area contributed by atoms with Gasteiger partial charge in [0.2, 0.25) is 0 Å². The van der Waals surface area contributed by atoms with Crippen molar-refractivity contribution >= 4 is 15.5 Å². The molecule has 172 valence electrons. The first-order valence-electron chi connectivity index (χ1n) is 11.2. The summed E-state index contributed by atoms with van der Waals surface area (Å²) in [5.41, 5.74) is 4.33. The monoisotopic (exact) mass is 467 g/mol. The van der Waals surface area contributed by atoms with Crippen LogP contribution in [-0.2, 0) is 26.7 Å². The lowest BCUT2D eigenvalue weighted by molar-refractivity contribution is 0.122. The van der Waals surface area contributed by atoms with Crippen molar-refractivity contribution in [3.63, 3.8) is 0 Å². The van der Waals surface area contributed by atoms with Gasteiger partial charge in [0.1, 0.15) is 11.6 Å². The molecule has 0 unspecified atom stereocenters. The van der Waals surface area contributed by atoms with Crippen LogP contribution >= 0.6 is 0 Å². The molecule has 1 fully saturated rings. The summed E-state index contributed by atoms with van der Waals surface area (Å²) in [7, 11) is -3.65. The number of ether oxygens (including phenoxy) is 2. The van der Waals surface area contributed by atoms with Crippen LogP contribution in [0.5, 0.6) is 5.75 Å². The third-order valence-electron chi connectivity index (χ3n) is 6.15. The minimum Gasteiger partial charge on any atom is -0.493 e. The van der Waals surface area contributed by atoms with E-state index in [1.807, 2.05) is 18.2 Å².